The zero-order valence-electron chi connectivity index (χ0n) is 13.7. The third kappa shape index (κ3) is 3.48. The maximum Gasteiger partial charge on any atom is 0.343 e. The van der Waals surface area contributed by atoms with Crippen molar-refractivity contribution in [2.24, 2.45) is 0 Å². The van der Waals surface area contributed by atoms with Gasteiger partial charge < -0.3 is 14.9 Å². The second-order valence-corrected chi connectivity index (χ2v) is 5.71. The summed E-state index contributed by atoms with van der Waals surface area (Å²) in [6, 6.07) is 21.4. The van der Waals surface area contributed by atoms with Gasteiger partial charge in [-0.2, -0.15) is 0 Å². The molecule has 0 aromatic heterocycles. The molecule has 3 aromatic carbocycles. The molecule has 0 atom stereocenters. The Labute approximate surface area is 146 Å². The first-order valence-corrected chi connectivity index (χ1v) is 7.90. The summed E-state index contributed by atoms with van der Waals surface area (Å²) in [5, 5.41) is 19.9. The molecule has 3 rings (SSSR count). The van der Waals surface area contributed by atoms with Crippen molar-refractivity contribution in [3.8, 4) is 11.5 Å². The Morgan fingerprint density at radius 2 is 1.28 bits per heavy atom. The van der Waals surface area contributed by atoms with Crippen LogP contribution in [-0.4, -0.2) is 16.2 Å². The molecule has 0 aliphatic heterocycles. The number of esters is 1. The van der Waals surface area contributed by atoms with Crippen LogP contribution in [0.1, 0.15) is 33.2 Å². The number of rotatable bonds is 4. The Kier molecular flexibility index (Phi) is 4.70. The molecule has 0 fully saturated rings. The predicted octanol–water partition coefficient (Wildman–Crippen LogP) is 4.35. The van der Waals surface area contributed by atoms with Gasteiger partial charge in [-0.25, -0.2) is 4.79 Å². The van der Waals surface area contributed by atoms with Gasteiger partial charge in [0.05, 0.1) is 0 Å². The number of hydrogen-bond donors (Lipinski definition) is 2. The normalized spacial score (nSPS) is 10.6. The lowest BCUT2D eigenvalue weighted by Crippen LogP contribution is -2.14. The van der Waals surface area contributed by atoms with E-state index >= 15 is 0 Å². The predicted molar refractivity (Wildman–Crippen MR) is 94.7 cm³/mol. The lowest BCUT2D eigenvalue weighted by Gasteiger charge is -2.20. The van der Waals surface area contributed by atoms with Crippen molar-refractivity contribution >= 4 is 5.97 Å². The fraction of sp³-hybridized carbons (Fsp3) is 0.0952. The molecule has 0 spiro atoms. The van der Waals surface area contributed by atoms with Crippen LogP contribution >= 0.6 is 0 Å². The van der Waals surface area contributed by atoms with E-state index in [9.17, 15) is 15.0 Å². The summed E-state index contributed by atoms with van der Waals surface area (Å²) < 4.78 is 5.72. The summed E-state index contributed by atoms with van der Waals surface area (Å²) in [7, 11) is 0. The molecule has 0 amide bonds. The highest BCUT2D eigenvalue weighted by molar-refractivity contribution is 5.95. The topological polar surface area (TPSA) is 66.8 Å². The minimum Gasteiger partial charge on any atom is -0.508 e. The van der Waals surface area contributed by atoms with Crippen LogP contribution in [0.2, 0.25) is 0 Å². The van der Waals surface area contributed by atoms with E-state index in [4.69, 9.17) is 4.74 Å². The zero-order chi connectivity index (χ0) is 17.8. The molecule has 126 valence electrons. The highest BCUT2D eigenvalue weighted by atomic mass is 16.5. The summed E-state index contributed by atoms with van der Waals surface area (Å²) in [5.74, 6) is -0.982. The summed E-state index contributed by atoms with van der Waals surface area (Å²) in [5.41, 5.74) is 1.89. The van der Waals surface area contributed by atoms with Gasteiger partial charge in [0.2, 0.25) is 0 Å². The highest BCUT2D eigenvalue weighted by Gasteiger charge is 2.24. The number of benzene rings is 3. The largest absolute Gasteiger partial charge is 0.508 e. The lowest BCUT2D eigenvalue weighted by molar-refractivity contribution is 0.0373. The van der Waals surface area contributed by atoms with Crippen LogP contribution < -0.4 is 0 Å². The number of phenolic OH excluding ortho intramolecular Hbond substituents is 2. The van der Waals surface area contributed by atoms with E-state index < -0.39 is 12.1 Å². The van der Waals surface area contributed by atoms with Crippen molar-refractivity contribution < 1.29 is 19.7 Å². The smallest absolute Gasteiger partial charge is 0.343 e. The first-order valence-electron chi connectivity index (χ1n) is 7.90. The summed E-state index contributed by atoms with van der Waals surface area (Å²) in [6.07, 6.45) is -0.615. The summed E-state index contributed by atoms with van der Waals surface area (Å²) >= 11 is 0. The van der Waals surface area contributed by atoms with E-state index in [1.807, 2.05) is 60.7 Å². The Morgan fingerprint density at radius 3 is 1.80 bits per heavy atom. The number of ether oxygens (including phenoxy) is 1. The lowest BCUT2D eigenvalue weighted by atomic mass is 10.0. The van der Waals surface area contributed by atoms with Crippen LogP contribution in [0.3, 0.4) is 0 Å². The Balaban J connectivity index is 1.99. The molecule has 0 aliphatic carbocycles. The van der Waals surface area contributed by atoms with Crippen molar-refractivity contribution in [2.75, 3.05) is 0 Å². The van der Waals surface area contributed by atoms with Gasteiger partial charge in [-0.3, -0.25) is 0 Å². The van der Waals surface area contributed by atoms with Gasteiger partial charge in [-0.1, -0.05) is 60.7 Å². The molecule has 0 saturated heterocycles. The Hall–Kier alpha value is -3.27. The summed E-state index contributed by atoms with van der Waals surface area (Å²) in [4.78, 5) is 12.7. The van der Waals surface area contributed by atoms with Crippen LogP contribution in [0, 0.1) is 6.92 Å². The SMILES string of the molecule is Cc1c(O)ccc(O)c1C(=O)OC(c1ccccc1)c1ccccc1. The molecule has 4 heteroatoms. The third-order valence-electron chi connectivity index (χ3n) is 4.05. The number of carbonyl (C=O) groups excluding carboxylic acids is 1. The molecule has 0 bridgehead atoms. The number of hydrogen-bond acceptors (Lipinski definition) is 4. The van der Waals surface area contributed by atoms with E-state index in [0.717, 1.165) is 11.1 Å². The third-order valence-corrected chi connectivity index (χ3v) is 4.05. The molecule has 0 unspecified atom stereocenters. The average molecular weight is 334 g/mol. The van der Waals surface area contributed by atoms with Crippen molar-refractivity contribution in [2.45, 2.75) is 13.0 Å². The molecule has 0 radical (unpaired) electrons. The molecule has 3 aromatic rings. The minimum absolute atomic E-state index is 0.0307. The van der Waals surface area contributed by atoms with Crippen LogP contribution in [0.15, 0.2) is 72.8 Å². The second kappa shape index (κ2) is 7.09. The zero-order valence-corrected chi connectivity index (χ0v) is 13.7. The number of carbonyl (C=O) groups is 1. The van der Waals surface area contributed by atoms with Gasteiger partial charge in [0, 0.05) is 5.56 Å². The molecule has 0 saturated carbocycles. The van der Waals surface area contributed by atoms with E-state index in [-0.39, 0.29) is 22.6 Å². The average Bonchev–Trinajstić information content (AvgIpc) is 2.64. The highest BCUT2D eigenvalue weighted by Crippen LogP contribution is 2.32. The Bertz CT molecular complexity index is 834. The fourth-order valence-electron chi connectivity index (χ4n) is 2.69. The maximum absolute atomic E-state index is 12.7. The first-order chi connectivity index (χ1) is 12.1. The number of phenols is 2. The maximum atomic E-state index is 12.7. The monoisotopic (exact) mass is 334 g/mol. The molecule has 0 aliphatic rings. The Morgan fingerprint density at radius 1 is 0.800 bits per heavy atom. The molecule has 0 heterocycles. The molecule has 25 heavy (non-hydrogen) atoms. The molecule has 4 nitrogen and oxygen atoms in total. The number of aromatic hydroxyl groups is 2. The van der Waals surface area contributed by atoms with Gasteiger partial charge in [-0.15, -0.1) is 0 Å². The van der Waals surface area contributed by atoms with Gasteiger partial charge >= 0.3 is 5.97 Å². The van der Waals surface area contributed by atoms with E-state index in [0.29, 0.717) is 0 Å². The van der Waals surface area contributed by atoms with E-state index in [1.54, 1.807) is 6.92 Å². The molecule has 2 N–H and O–H groups in total. The van der Waals surface area contributed by atoms with Gasteiger partial charge in [-0.05, 0) is 30.2 Å². The standard InChI is InChI=1S/C21H18O4/c1-14-17(22)12-13-18(23)19(14)21(24)25-20(15-8-4-2-5-9-15)16-10-6-3-7-11-16/h2-13,20,22-23H,1H3. The van der Waals surface area contributed by atoms with Gasteiger partial charge in [0.25, 0.3) is 0 Å². The quantitative estimate of drug-likeness (QED) is 0.550. The molecular weight excluding hydrogens is 316 g/mol. The van der Waals surface area contributed by atoms with Crippen molar-refractivity contribution in [3.63, 3.8) is 0 Å². The minimum atomic E-state index is -0.691. The van der Waals surface area contributed by atoms with Crippen LogP contribution in [0.25, 0.3) is 0 Å². The van der Waals surface area contributed by atoms with Crippen LogP contribution in [0.4, 0.5) is 0 Å². The van der Waals surface area contributed by atoms with Crippen molar-refractivity contribution in [1.29, 1.82) is 0 Å². The van der Waals surface area contributed by atoms with E-state index in [2.05, 4.69) is 0 Å². The van der Waals surface area contributed by atoms with Crippen molar-refractivity contribution in [1.82, 2.24) is 0 Å². The summed E-state index contributed by atoms with van der Waals surface area (Å²) in [6.45, 7) is 1.56. The van der Waals surface area contributed by atoms with Gasteiger partial charge in [0.1, 0.15) is 17.1 Å². The van der Waals surface area contributed by atoms with Crippen LogP contribution in [0.5, 0.6) is 11.5 Å². The van der Waals surface area contributed by atoms with Crippen molar-refractivity contribution in [3.05, 3.63) is 95.1 Å². The fourth-order valence-corrected chi connectivity index (χ4v) is 2.69. The van der Waals surface area contributed by atoms with E-state index in [1.165, 1.54) is 12.1 Å². The van der Waals surface area contributed by atoms with Gasteiger partial charge in [0.15, 0.2) is 6.10 Å². The second-order valence-electron chi connectivity index (χ2n) is 5.71. The first kappa shape index (κ1) is 16.6. The van der Waals surface area contributed by atoms with Crippen LogP contribution in [-0.2, 0) is 4.74 Å². The molecular formula is C21H18O4.